The first-order valence-electron chi connectivity index (χ1n) is 8.79. The van der Waals surface area contributed by atoms with Crippen LogP contribution in [0.5, 0.6) is 0 Å². The molecule has 7 nitrogen and oxygen atoms in total. The van der Waals surface area contributed by atoms with Crippen LogP contribution in [-0.4, -0.2) is 33.1 Å². The average Bonchev–Trinajstić information content (AvgIpc) is 3.41. The van der Waals surface area contributed by atoms with Crippen LogP contribution < -0.4 is 10.2 Å². The first-order chi connectivity index (χ1) is 13.2. The summed E-state index contributed by atoms with van der Waals surface area (Å²) in [4.78, 5) is 30.1. The number of nitrogens with one attached hydrogen (secondary N) is 1. The topological polar surface area (TPSA) is 80.1 Å². The van der Waals surface area contributed by atoms with Crippen molar-refractivity contribution in [3.8, 4) is 5.69 Å². The smallest absolute Gasteiger partial charge is 0.228 e. The second-order valence-electron chi connectivity index (χ2n) is 6.35. The highest BCUT2D eigenvalue weighted by Crippen LogP contribution is 2.25. The molecule has 1 fully saturated rings. The molecule has 27 heavy (non-hydrogen) atoms. The third kappa shape index (κ3) is 4.06. The van der Waals surface area contributed by atoms with Crippen LogP contribution in [0.2, 0.25) is 0 Å². The second-order valence-corrected chi connectivity index (χ2v) is 7.19. The number of rotatable bonds is 6. The predicted molar refractivity (Wildman–Crippen MR) is 103 cm³/mol. The van der Waals surface area contributed by atoms with Gasteiger partial charge in [-0.3, -0.25) is 14.5 Å². The number of benzene rings is 1. The first-order valence-corrected chi connectivity index (χ1v) is 9.67. The van der Waals surface area contributed by atoms with E-state index in [-0.39, 0.29) is 18.2 Å². The number of carbonyl (C=O) groups excluding carboxylic acids is 2. The van der Waals surface area contributed by atoms with E-state index < -0.39 is 0 Å². The molecule has 1 aromatic carbocycles. The van der Waals surface area contributed by atoms with E-state index in [0.29, 0.717) is 30.3 Å². The lowest BCUT2D eigenvalue weighted by atomic mass is 10.3. The molecule has 8 heteroatoms. The molecule has 1 aliphatic heterocycles. The molecule has 2 amide bonds. The van der Waals surface area contributed by atoms with Crippen molar-refractivity contribution in [2.45, 2.75) is 25.8 Å². The van der Waals surface area contributed by atoms with Gasteiger partial charge in [0.25, 0.3) is 0 Å². The maximum absolute atomic E-state index is 12.2. The quantitative estimate of drug-likeness (QED) is 0.711. The molecule has 3 heterocycles. The average molecular weight is 381 g/mol. The number of aromatic nitrogens is 3. The minimum absolute atomic E-state index is 0.105. The van der Waals surface area contributed by atoms with Crippen molar-refractivity contribution in [2.75, 3.05) is 11.4 Å². The Bertz CT molecular complexity index is 950. The highest BCUT2D eigenvalue weighted by molar-refractivity contribution is 7.14. The van der Waals surface area contributed by atoms with Crippen LogP contribution in [-0.2, 0) is 22.6 Å². The van der Waals surface area contributed by atoms with E-state index in [1.807, 2.05) is 41.9 Å². The van der Waals surface area contributed by atoms with Crippen molar-refractivity contribution >= 4 is 28.3 Å². The van der Waals surface area contributed by atoms with Gasteiger partial charge in [-0.2, -0.15) is 5.10 Å². The molecule has 0 unspecified atom stereocenters. The number of carbonyl (C=O) groups is 2. The van der Waals surface area contributed by atoms with Crippen LogP contribution in [0, 0.1) is 0 Å². The third-order valence-corrected chi connectivity index (χ3v) is 5.24. The standard InChI is InChI=1S/C19H19N5O2S/c25-17(9-15-13-27-19(22-15)23-8-4-7-18(23)26)20-10-14-11-21-24(12-14)16-5-2-1-3-6-16/h1-3,5-6,11-13H,4,7-10H2,(H,20,25). The van der Waals surface area contributed by atoms with Gasteiger partial charge in [0.2, 0.25) is 11.8 Å². The number of nitrogens with zero attached hydrogens (tertiary/aromatic N) is 4. The molecule has 3 aromatic rings. The Morgan fingerprint density at radius 3 is 2.89 bits per heavy atom. The fraction of sp³-hybridized carbons (Fsp3) is 0.263. The van der Waals surface area contributed by atoms with E-state index in [1.54, 1.807) is 15.8 Å². The van der Waals surface area contributed by atoms with Crippen molar-refractivity contribution in [3.63, 3.8) is 0 Å². The van der Waals surface area contributed by atoms with Gasteiger partial charge < -0.3 is 5.32 Å². The van der Waals surface area contributed by atoms with Crippen LogP contribution in [0.1, 0.15) is 24.1 Å². The molecule has 1 aliphatic rings. The number of hydrogen-bond donors (Lipinski definition) is 1. The largest absolute Gasteiger partial charge is 0.352 e. The summed E-state index contributed by atoms with van der Waals surface area (Å²) in [6, 6.07) is 9.81. The van der Waals surface area contributed by atoms with Crippen LogP contribution >= 0.6 is 11.3 Å². The van der Waals surface area contributed by atoms with E-state index in [1.165, 1.54) is 11.3 Å². The lowest BCUT2D eigenvalue weighted by Gasteiger charge is -2.10. The van der Waals surface area contributed by atoms with Crippen LogP contribution in [0.3, 0.4) is 0 Å². The highest BCUT2D eigenvalue weighted by Gasteiger charge is 2.24. The van der Waals surface area contributed by atoms with E-state index >= 15 is 0 Å². The molecule has 0 radical (unpaired) electrons. The molecular formula is C19H19N5O2S. The minimum atomic E-state index is -0.105. The van der Waals surface area contributed by atoms with Gasteiger partial charge in [0.1, 0.15) is 0 Å². The second kappa shape index (κ2) is 7.71. The fourth-order valence-corrected chi connectivity index (χ4v) is 3.82. The highest BCUT2D eigenvalue weighted by atomic mass is 32.1. The van der Waals surface area contributed by atoms with Gasteiger partial charge in [-0.05, 0) is 18.6 Å². The maximum Gasteiger partial charge on any atom is 0.228 e. The molecule has 1 saturated heterocycles. The van der Waals surface area contributed by atoms with Gasteiger partial charge >= 0.3 is 0 Å². The van der Waals surface area contributed by atoms with E-state index in [2.05, 4.69) is 15.4 Å². The SMILES string of the molecule is O=C(Cc1csc(N2CCCC2=O)n1)NCc1cnn(-c2ccccc2)c1. The van der Waals surface area contributed by atoms with Gasteiger partial charge in [-0.1, -0.05) is 18.2 Å². The predicted octanol–water partition coefficient (Wildman–Crippen LogP) is 2.31. The Hall–Kier alpha value is -3.00. The molecule has 0 bridgehead atoms. The Morgan fingerprint density at radius 1 is 1.26 bits per heavy atom. The van der Waals surface area contributed by atoms with Crippen LogP contribution in [0.25, 0.3) is 5.69 Å². The van der Waals surface area contributed by atoms with Gasteiger partial charge in [0, 0.05) is 36.7 Å². The minimum Gasteiger partial charge on any atom is -0.352 e. The van der Waals surface area contributed by atoms with Crippen molar-refractivity contribution in [1.29, 1.82) is 0 Å². The summed E-state index contributed by atoms with van der Waals surface area (Å²) in [5, 5.41) is 9.74. The zero-order valence-electron chi connectivity index (χ0n) is 14.7. The van der Waals surface area contributed by atoms with Crippen molar-refractivity contribution in [1.82, 2.24) is 20.1 Å². The molecule has 0 spiro atoms. The van der Waals surface area contributed by atoms with Crippen molar-refractivity contribution in [3.05, 3.63) is 59.4 Å². The number of amides is 2. The summed E-state index contributed by atoms with van der Waals surface area (Å²) >= 11 is 1.41. The summed E-state index contributed by atoms with van der Waals surface area (Å²) in [5.41, 5.74) is 2.59. The van der Waals surface area contributed by atoms with E-state index in [4.69, 9.17) is 0 Å². The monoisotopic (exact) mass is 381 g/mol. The zero-order valence-corrected chi connectivity index (χ0v) is 15.5. The summed E-state index contributed by atoms with van der Waals surface area (Å²) in [5.74, 6) is 0.00263. The lowest BCUT2D eigenvalue weighted by Crippen LogP contribution is -2.25. The molecule has 138 valence electrons. The molecule has 0 saturated carbocycles. The number of anilines is 1. The Labute approximate surface area is 160 Å². The Kier molecular flexibility index (Phi) is 4.97. The van der Waals surface area contributed by atoms with Gasteiger partial charge in [0.05, 0.1) is 24.0 Å². The first kappa shape index (κ1) is 17.4. The summed E-state index contributed by atoms with van der Waals surface area (Å²) in [6.07, 6.45) is 5.28. The molecule has 0 atom stereocenters. The summed E-state index contributed by atoms with van der Waals surface area (Å²) in [7, 11) is 0. The number of hydrogen-bond acceptors (Lipinski definition) is 5. The van der Waals surface area contributed by atoms with E-state index in [0.717, 1.165) is 17.7 Å². The van der Waals surface area contributed by atoms with Crippen LogP contribution in [0.4, 0.5) is 5.13 Å². The van der Waals surface area contributed by atoms with Gasteiger partial charge in [-0.25, -0.2) is 9.67 Å². The maximum atomic E-state index is 12.2. The zero-order chi connectivity index (χ0) is 18.6. The Morgan fingerprint density at radius 2 is 2.11 bits per heavy atom. The number of para-hydroxylation sites is 1. The van der Waals surface area contributed by atoms with Gasteiger partial charge in [-0.15, -0.1) is 11.3 Å². The van der Waals surface area contributed by atoms with E-state index in [9.17, 15) is 9.59 Å². The summed E-state index contributed by atoms with van der Waals surface area (Å²) in [6.45, 7) is 1.12. The molecule has 0 aliphatic carbocycles. The molecule has 4 rings (SSSR count). The van der Waals surface area contributed by atoms with Crippen molar-refractivity contribution in [2.24, 2.45) is 0 Å². The number of thiazole rings is 1. The lowest BCUT2D eigenvalue weighted by molar-refractivity contribution is -0.120. The molecule has 2 aromatic heterocycles. The van der Waals surface area contributed by atoms with Gasteiger partial charge in [0.15, 0.2) is 5.13 Å². The molecule has 1 N–H and O–H groups in total. The van der Waals surface area contributed by atoms with Crippen LogP contribution in [0.15, 0.2) is 48.1 Å². The fourth-order valence-electron chi connectivity index (χ4n) is 2.95. The van der Waals surface area contributed by atoms with Crippen molar-refractivity contribution < 1.29 is 9.59 Å². The Balaban J connectivity index is 1.31. The third-order valence-electron chi connectivity index (χ3n) is 4.33. The molecular weight excluding hydrogens is 362 g/mol. The normalized spacial score (nSPS) is 13.9. The summed E-state index contributed by atoms with van der Waals surface area (Å²) < 4.78 is 1.78.